The van der Waals surface area contributed by atoms with Gasteiger partial charge < -0.3 is 10.5 Å². The highest BCUT2D eigenvalue weighted by Gasteiger charge is 2.01. The van der Waals surface area contributed by atoms with Crippen LogP contribution in [0.5, 0.6) is 0 Å². The Morgan fingerprint density at radius 1 is 1.06 bits per heavy atom. The van der Waals surface area contributed by atoms with Crippen molar-refractivity contribution >= 4 is 21.6 Å². The molecule has 0 aliphatic rings. The van der Waals surface area contributed by atoms with E-state index in [1.165, 1.54) is 6.07 Å². The van der Waals surface area contributed by atoms with Crippen LogP contribution in [0.3, 0.4) is 0 Å². The summed E-state index contributed by atoms with van der Waals surface area (Å²) in [6, 6.07) is 12.6. The number of hydrogen-bond acceptors (Lipinski definition) is 2. The molecule has 0 amide bonds. The van der Waals surface area contributed by atoms with E-state index in [9.17, 15) is 4.39 Å². The molecule has 2 rings (SSSR count). The van der Waals surface area contributed by atoms with Crippen LogP contribution >= 0.6 is 15.9 Å². The number of halogens is 2. The molecule has 0 saturated carbocycles. The third kappa shape index (κ3) is 3.55. The Hall–Kier alpha value is -1.39. The molecule has 2 N–H and O–H groups in total. The molecule has 18 heavy (non-hydrogen) atoms. The molecule has 2 aromatic rings. The lowest BCUT2D eigenvalue weighted by Crippen LogP contribution is -1.97. The van der Waals surface area contributed by atoms with Crippen LogP contribution in [0, 0.1) is 5.82 Å². The summed E-state index contributed by atoms with van der Waals surface area (Å²) in [6.07, 6.45) is 0. The molecule has 0 bridgehead atoms. The molecule has 0 unspecified atom stereocenters. The Bertz CT molecular complexity index is 545. The number of ether oxygens (including phenoxy) is 1. The molecule has 0 fully saturated rings. The SMILES string of the molecule is Nc1ccc(COCc2cccc(Br)c2)cc1F. The summed E-state index contributed by atoms with van der Waals surface area (Å²) in [5.41, 5.74) is 7.41. The van der Waals surface area contributed by atoms with Gasteiger partial charge in [-0.25, -0.2) is 4.39 Å². The fraction of sp³-hybridized carbons (Fsp3) is 0.143. The lowest BCUT2D eigenvalue weighted by molar-refractivity contribution is 0.107. The maximum Gasteiger partial charge on any atom is 0.146 e. The van der Waals surface area contributed by atoms with Gasteiger partial charge >= 0.3 is 0 Å². The van der Waals surface area contributed by atoms with Crippen LogP contribution in [0.25, 0.3) is 0 Å². The second-order valence-electron chi connectivity index (χ2n) is 3.98. The first kappa shape index (κ1) is 13.1. The quantitative estimate of drug-likeness (QED) is 0.870. The van der Waals surface area contributed by atoms with E-state index in [-0.39, 0.29) is 5.69 Å². The van der Waals surface area contributed by atoms with Crippen LogP contribution < -0.4 is 5.73 Å². The molecule has 2 aromatic carbocycles. The highest BCUT2D eigenvalue weighted by Crippen LogP contribution is 2.15. The summed E-state index contributed by atoms with van der Waals surface area (Å²) < 4.78 is 19.7. The van der Waals surface area contributed by atoms with Crippen molar-refractivity contribution in [2.45, 2.75) is 13.2 Å². The minimum Gasteiger partial charge on any atom is -0.396 e. The Kier molecular flexibility index (Phi) is 4.33. The highest BCUT2D eigenvalue weighted by atomic mass is 79.9. The summed E-state index contributed by atoms with van der Waals surface area (Å²) >= 11 is 3.40. The van der Waals surface area contributed by atoms with Gasteiger partial charge in [-0.3, -0.25) is 0 Å². The topological polar surface area (TPSA) is 35.2 Å². The maximum atomic E-state index is 13.2. The van der Waals surface area contributed by atoms with Crippen LogP contribution in [-0.2, 0) is 18.0 Å². The normalized spacial score (nSPS) is 10.6. The van der Waals surface area contributed by atoms with E-state index >= 15 is 0 Å². The molecule has 0 aliphatic carbocycles. The van der Waals surface area contributed by atoms with Gasteiger partial charge in [-0.05, 0) is 35.4 Å². The average molecular weight is 310 g/mol. The van der Waals surface area contributed by atoms with Gasteiger partial charge in [0.15, 0.2) is 0 Å². The lowest BCUT2D eigenvalue weighted by Gasteiger charge is -2.06. The Labute approximate surface area is 114 Å². The molecule has 2 nitrogen and oxygen atoms in total. The molecule has 0 saturated heterocycles. The highest BCUT2D eigenvalue weighted by molar-refractivity contribution is 9.10. The predicted molar refractivity (Wildman–Crippen MR) is 73.4 cm³/mol. The molecule has 0 radical (unpaired) electrons. The Morgan fingerprint density at radius 2 is 1.78 bits per heavy atom. The molecule has 0 heterocycles. The average Bonchev–Trinajstić information content (AvgIpc) is 2.34. The van der Waals surface area contributed by atoms with Gasteiger partial charge in [-0.15, -0.1) is 0 Å². The summed E-state index contributed by atoms with van der Waals surface area (Å²) in [6.45, 7) is 0.856. The van der Waals surface area contributed by atoms with E-state index in [4.69, 9.17) is 10.5 Å². The third-order valence-corrected chi connectivity index (χ3v) is 2.98. The van der Waals surface area contributed by atoms with Crippen molar-refractivity contribution in [2.24, 2.45) is 0 Å². The van der Waals surface area contributed by atoms with E-state index in [1.54, 1.807) is 12.1 Å². The van der Waals surface area contributed by atoms with Gasteiger partial charge in [0, 0.05) is 4.47 Å². The van der Waals surface area contributed by atoms with Gasteiger partial charge in [-0.2, -0.15) is 0 Å². The van der Waals surface area contributed by atoms with Crippen LogP contribution in [0.15, 0.2) is 46.9 Å². The summed E-state index contributed by atoms with van der Waals surface area (Å²) in [7, 11) is 0. The molecular formula is C14H13BrFNO. The van der Waals surface area contributed by atoms with Crippen LogP contribution in [0.1, 0.15) is 11.1 Å². The standard InChI is InChI=1S/C14H13BrFNO/c15-12-3-1-2-10(6-12)8-18-9-11-4-5-14(17)13(16)7-11/h1-7H,8-9,17H2. The van der Waals surface area contributed by atoms with Crippen molar-refractivity contribution in [1.29, 1.82) is 0 Å². The van der Waals surface area contributed by atoms with Crippen molar-refractivity contribution < 1.29 is 9.13 Å². The monoisotopic (exact) mass is 309 g/mol. The maximum absolute atomic E-state index is 13.2. The number of nitrogens with two attached hydrogens (primary N) is 1. The van der Waals surface area contributed by atoms with Gasteiger partial charge in [0.05, 0.1) is 18.9 Å². The van der Waals surface area contributed by atoms with E-state index in [1.807, 2.05) is 24.3 Å². The van der Waals surface area contributed by atoms with Crippen molar-refractivity contribution in [3.8, 4) is 0 Å². The van der Waals surface area contributed by atoms with E-state index in [2.05, 4.69) is 15.9 Å². The van der Waals surface area contributed by atoms with Gasteiger partial charge in [0.1, 0.15) is 5.82 Å². The van der Waals surface area contributed by atoms with Crippen LogP contribution in [-0.4, -0.2) is 0 Å². The fourth-order valence-corrected chi connectivity index (χ4v) is 2.02. The largest absolute Gasteiger partial charge is 0.396 e. The smallest absolute Gasteiger partial charge is 0.146 e. The summed E-state index contributed by atoms with van der Waals surface area (Å²) in [5.74, 6) is -0.404. The molecular weight excluding hydrogens is 297 g/mol. The second kappa shape index (κ2) is 5.98. The first-order valence-electron chi connectivity index (χ1n) is 5.51. The Morgan fingerprint density at radius 3 is 2.44 bits per heavy atom. The van der Waals surface area contributed by atoms with Gasteiger partial charge in [-0.1, -0.05) is 34.1 Å². The molecule has 0 aliphatic heterocycles. The van der Waals surface area contributed by atoms with Crippen molar-refractivity contribution in [3.05, 3.63) is 63.9 Å². The summed E-state index contributed by atoms with van der Waals surface area (Å²) in [4.78, 5) is 0. The number of rotatable bonds is 4. The van der Waals surface area contributed by atoms with E-state index < -0.39 is 5.82 Å². The van der Waals surface area contributed by atoms with Crippen molar-refractivity contribution in [2.75, 3.05) is 5.73 Å². The number of benzene rings is 2. The molecule has 4 heteroatoms. The molecule has 94 valence electrons. The van der Waals surface area contributed by atoms with Crippen molar-refractivity contribution in [1.82, 2.24) is 0 Å². The third-order valence-electron chi connectivity index (χ3n) is 2.49. The first-order valence-corrected chi connectivity index (χ1v) is 6.30. The van der Waals surface area contributed by atoms with Gasteiger partial charge in [0.2, 0.25) is 0 Å². The zero-order valence-corrected chi connectivity index (χ0v) is 11.3. The van der Waals surface area contributed by atoms with Crippen LogP contribution in [0.4, 0.5) is 10.1 Å². The molecule has 0 aromatic heterocycles. The number of hydrogen-bond donors (Lipinski definition) is 1. The molecule has 0 spiro atoms. The lowest BCUT2D eigenvalue weighted by atomic mass is 10.2. The second-order valence-corrected chi connectivity index (χ2v) is 4.89. The minimum absolute atomic E-state index is 0.158. The minimum atomic E-state index is -0.404. The van der Waals surface area contributed by atoms with E-state index in [0.29, 0.717) is 13.2 Å². The Balaban J connectivity index is 1.90. The first-order chi connectivity index (χ1) is 8.65. The zero-order chi connectivity index (χ0) is 13.0. The van der Waals surface area contributed by atoms with E-state index in [0.717, 1.165) is 15.6 Å². The van der Waals surface area contributed by atoms with Crippen molar-refractivity contribution in [3.63, 3.8) is 0 Å². The zero-order valence-electron chi connectivity index (χ0n) is 9.70. The summed E-state index contributed by atoms with van der Waals surface area (Å²) in [5, 5.41) is 0. The number of nitrogen functional groups attached to an aromatic ring is 1. The number of anilines is 1. The fourth-order valence-electron chi connectivity index (χ4n) is 1.57. The van der Waals surface area contributed by atoms with Crippen LogP contribution in [0.2, 0.25) is 0 Å². The predicted octanol–water partition coefficient (Wildman–Crippen LogP) is 3.89. The van der Waals surface area contributed by atoms with Gasteiger partial charge in [0.25, 0.3) is 0 Å². The molecule has 0 atom stereocenters.